The van der Waals surface area contributed by atoms with Crippen LogP contribution in [0.4, 0.5) is 0 Å². The summed E-state index contributed by atoms with van der Waals surface area (Å²) in [4.78, 5) is 38.2. The van der Waals surface area contributed by atoms with Gasteiger partial charge in [-0.1, -0.05) is 12.1 Å². The Kier molecular flexibility index (Phi) is 5.96. The summed E-state index contributed by atoms with van der Waals surface area (Å²) in [6.45, 7) is 0.477. The first-order valence-electron chi connectivity index (χ1n) is 9.19. The van der Waals surface area contributed by atoms with Crippen LogP contribution in [0.25, 0.3) is 0 Å². The molecule has 0 unspecified atom stereocenters. The summed E-state index contributed by atoms with van der Waals surface area (Å²) in [6, 6.07) is 7.90. The summed E-state index contributed by atoms with van der Waals surface area (Å²) in [5.41, 5.74) is 0.639. The Morgan fingerprint density at radius 3 is 2.30 bits per heavy atom. The molecule has 3 heterocycles. The van der Waals surface area contributed by atoms with Crippen molar-refractivity contribution in [2.45, 2.75) is 4.90 Å². The number of sulfonamides is 1. The first-order chi connectivity index (χ1) is 14.4. The molecule has 0 spiro atoms. The van der Waals surface area contributed by atoms with Gasteiger partial charge < -0.3 is 4.74 Å². The van der Waals surface area contributed by atoms with Crippen LogP contribution in [-0.4, -0.2) is 73.2 Å². The molecule has 0 atom stereocenters. The zero-order chi connectivity index (χ0) is 21.3. The number of thiophene rings is 1. The number of benzene rings is 1. The van der Waals surface area contributed by atoms with E-state index in [4.69, 9.17) is 4.74 Å². The number of ether oxygens (including phenoxy) is 1. The topological polar surface area (TPSA) is 101 Å². The zero-order valence-electron chi connectivity index (χ0n) is 15.8. The standard InChI is InChI=1S/C19H18N2O6S3/c22-17-13-3-1-2-4-14(13)18(23)21(17)6-9-27-19(24)16-15(5-10-29-16)30(25,26)20-7-11-28-12-8-20/h1-5,10H,6-9,11-12H2. The molecule has 4 rings (SSSR count). The second-order valence-electron chi connectivity index (χ2n) is 6.57. The summed E-state index contributed by atoms with van der Waals surface area (Å²) < 4.78 is 32.4. The third-order valence-corrected chi connectivity index (χ3v) is 8.74. The number of rotatable bonds is 6. The van der Waals surface area contributed by atoms with Crippen LogP contribution in [-0.2, 0) is 14.8 Å². The Morgan fingerprint density at radius 2 is 1.67 bits per heavy atom. The summed E-state index contributed by atoms with van der Waals surface area (Å²) in [7, 11) is -3.78. The second kappa shape index (κ2) is 8.50. The van der Waals surface area contributed by atoms with Gasteiger partial charge in [0, 0.05) is 24.6 Å². The van der Waals surface area contributed by atoms with Gasteiger partial charge in [0.1, 0.15) is 16.4 Å². The maximum absolute atomic E-state index is 12.9. The molecule has 2 amide bonds. The van der Waals surface area contributed by atoms with Crippen LogP contribution in [0.5, 0.6) is 0 Å². The summed E-state index contributed by atoms with van der Waals surface area (Å²) in [5, 5.41) is 1.53. The van der Waals surface area contributed by atoms with Gasteiger partial charge in [0.25, 0.3) is 11.8 Å². The average Bonchev–Trinajstić information content (AvgIpc) is 3.35. The number of amides is 2. The number of hydrogen-bond acceptors (Lipinski definition) is 8. The molecule has 1 aromatic heterocycles. The minimum atomic E-state index is -3.78. The molecule has 8 nitrogen and oxygen atoms in total. The van der Waals surface area contributed by atoms with E-state index in [1.165, 1.54) is 15.8 Å². The normalized spacial score (nSPS) is 17.3. The molecule has 0 aliphatic carbocycles. The number of carbonyl (C=O) groups excluding carboxylic acids is 3. The highest BCUT2D eigenvalue weighted by atomic mass is 32.2. The molecule has 0 saturated carbocycles. The van der Waals surface area contributed by atoms with E-state index in [1.54, 1.807) is 36.0 Å². The fourth-order valence-electron chi connectivity index (χ4n) is 3.31. The molecule has 1 saturated heterocycles. The van der Waals surface area contributed by atoms with E-state index in [0.717, 1.165) is 16.2 Å². The Labute approximate surface area is 181 Å². The molecule has 2 aliphatic rings. The lowest BCUT2D eigenvalue weighted by atomic mass is 10.1. The average molecular weight is 467 g/mol. The van der Waals surface area contributed by atoms with Crippen molar-refractivity contribution in [2.24, 2.45) is 0 Å². The predicted octanol–water partition coefficient (Wildman–Crippen LogP) is 1.94. The Bertz CT molecular complexity index is 1070. The lowest BCUT2D eigenvalue weighted by Crippen LogP contribution is -2.38. The number of nitrogens with zero attached hydrogens (tertiary/aromatic N) is 2. The maximum Gasteiger partial charge on any atom is 0.349 e. The van der Waals surface area contributed by atoms with Crippen molar-refractivity contribution in [2.75, 3.05) is 37.7 Å². The molecule has 1 aromatic carbocycles. The lowest BCUT2D eigenvalue weighted by Gasteiger charge is -2.25. The van der Waals surface area contributed by atoms with Gasteiger partial charge in [-0.15, -0.1) is 11.3 Å². The molecule has 11 heteroatoms. The summed E-state index contributed by atoms with van der Waals surface area (Å²) in [5.74, 6) is -0.234. The van der Waals surface area contributed by atoms with Gasteiger partial charge in [-0.25, -0.2) is 13.2 Å². The molecule has 0 radical (unpaired) electrons. The van der Waals surface area contributed by atoms with Crippen molar-refractivity contribution in [1.82, 2.24) is 9.21 Å². The molecule has 0 N–H and O–H groups in total. The van der Waals surface area contributed by atoms with Crippen LogP contribution >= 0.6 is 23.1 Å². The highest BCUT2D eigenvalue weighted by Crippen LogP contribution is 2.28. The quantitative estimate of drug-likeness (QED) is 0.474. The van der Waals surface area contributed by atoms with E-state index < -0.39 is 27.8 Å². The number of imide groups is 1. The second-order valence-corrected chi connectivity index (χ2v) is 10.6. The number of carbonyl (C=O) groups is 3. The Balaban J connectivity index is 1.41. The van der Waals surface area contributed by atoms with Gasteiger partial charge in [-0.05, 0) is 23.6 Å². The van der Waals surface area contributed by atoms with E-state index in [-0.39, 0.29) is 22.9 Å². The van der Waals surface area contributed by atoms with Crippen LogP contribution < -0.4 is 0 Å². The molecule has 158 valence electrons. The molecule has 0 bridgehead atoms. The zero-order valence-corrected chi connectivity index (χ0v) is 18.2. The highest BCUT2D eigenvalue weighted by molar-refractivity contribution is 7.99. The minimum Gasteiger partial charge on any atom is -0.460 e. The minimum absolute atomic E-state index is 0.00409. The molecular formula is C19H18N2O6S3. The Morgan fingerprint density at radius 1 is 1.03 bits per heavy atom. The molecule has 30 heavy (non-hydrogen) atoms. The predicted molar refractivity (Wildman–Crippen MR) is 112 cm³/mol. The monoisotopic (exact) mass is 466 g/mol. The first kappa shape index (κ1) is 21.0. The van der Waals surface area contributed by atoms with Crippen molar-refractivity contribution in [1.29, 1.82) is 0 Å². The number of hydrogen-bond donors (Lipinski definition) is 0. The maximum atomic E-state index is 12.9. The van der Waals surface area contributed by atoms with Crippen LogP contribution in [0.1, 0.15) is 30.4 Å². The Hall–Kier alpha value is -2.21. The van der Waals surface area contributed by atoms with Crippen LogP contribution in [0, 0.1) is 0 Å². The number of fused-ring (bicyclic) bond motifs is 1. The van der Waals surface area contributed by atoms with Gasteiger partial charge in [0.05, 0.1) is 17.7 Å². The summed E-state index contributed by atoms with van der Waals surface area (Å²) in [6.07, 6.45) is 0. The smallest absolute Gasteiger partial charge is 0.349 e. The van der Waals surface area contributed by atoms with Crippen molar-refractivity contribution in [3.05, 3.63) is 51.7 Å². The van der Waals surface area contributed by atoms with Crippen LogP contribution in [0.2, 0.25) is 0 Å². The van der Waals surface area contributed by atoms with Gasteiger partial charge in [-0.3, -0.25) is 14.5 Å². The third kappa shape index (κ3) is 3.78. The van der Waals surface area contributed by atoms with Gasteiger partial charge >= 0.3 is 5.97 Å². The number of thioether (sulfide) groups is 1. The van der Waals surface area contributed by atoms with Gasteiger partial charge in [0.2, 0.25) is 10.0 Å². The van der Waals surface area contributed by atoms with E-state index in [2.05, 4.69) is 0 Å². The van der Waals surface area contributed by atoms with Gasteiger partial charge in [0.15, 0.2) is 0 Å². The summed E-state index contributed by atoms with van der Waals surface area (Å²) >= 11 is 2.68. The number of esters is 1. The van der Waals surface area contributed by atoms with E-state index in [1.807, 2.05) is 0 Å². The SMILES string of the molecule is O=C(OCCN1C(=O)c2ccccc2C1=O)c1sccc1S(=O)(=O)N1CCSCC1. The van der Waals surface area contributed by atoms with Crippen molar-refractivity contribution in [3.8, 4) is 0 Å². The van der Waals surface area contributed by atoms with E-state index >= 15 is 0 Å². The van der Waals surface area contributed by atoms with Crippen molar-refractivity contribution in [3.63, 3.8) is 0 Å². The van der Waals surface area contributed by atoms with E-state index in [0.29, 0.717) is 35.7 Å². The van der Waals surface area contributed by atoms with Crippen LogP contribution in [0.15, 0.2) is 40.6 Å². The molecule has 1 fully saturated rings. The van der Waals surface area contributed by atoms with E-state index in [9.17, 15) is 22.8 Å². The van der Waals surface area contributed by atoms with Crippen molar-refractivity contribution < 1.29 is 27.5 Å². The first-order valence-corrected chi connectivity index (χ1v) is 12.7. The molecule has 2 aromatic rings. The lowest BCUT2D eigenvalue weighted by molar-refractivity contribution is 0.0421. The van der Waals surface area contributed by atoms with Gasteiger partial charge in [-0.2, -0.15) is 16.1 Å². The third-order valence-electron chi connectivity index (χ3n) is 4.83. The molecular weight excluding hydrogens is 448 g/mol. The van der Waals surface area contributed by atoms with Crippen molar-refractivity contribution >= 4 is 50.9 Å². The fraction of sp³-hybridized carbons (Fsp3) is 0.316. The largest absolute Gasteiger partial charge is 0.460 e. The highest BCUT2D eigenvalue weighted by Gasteiger charge is 2.35. The fourth-order valence-corrected chi connectivity index (χ4v) is 7.17. The van der Waals surface area contributed by atoms with Crippen LogP contribution in [0.3, 0.4) is 0 Å². The molecule has 2 aliphatic heterocycles.